The van der Waals surface area contributed by atoms with Gasteiger partial charge in [-0.1, -0.05) is 6.92 Å². The van der Waals surface area contributed by atoms with Crippen LogP contribution in [0.2, 0.25) is 0 Å². The standard InChI is InChI=1S/C10H19N3O2/c1-4-8(11)10(15)13-5-7(2)12(3)9(14)6-13/h7-8H,4-6,11H2,1-3H3/t7?,8-/m0/s1. The third kappa shape index (κ3) is 2.47. The number of nitrogens with two attached hydrogens (primary N) is 1. The average molecular weight is 213 g/mol. The van der Waals surface area contributed by atoms with Crippen molar-refractivity contribution in [1.29, 1.82) is 0 Å². The monoisotopic (exact) mass is 213 g/mol. The minimum absolute atomic E-state index is 0.0228. The van der Waals surface area contributed by atoms with Crippen molar-refractivity contribution in [3.8, 4) is 0 Å². The summed E-state index contributed by atoms with van der Waals surface area (Å²) in [5, 5.41) is 0. The highest BCUT2D eigenvalue weighted by atomic mass is 16.2. The fraction of sp³-hybridized carbons (Fsp3) is 0.800. The SMILES string of the molecule is CC[C@H](N)C(=O)N1CC(=O)N(C)C(C)C1. The molecule has 0 radical (unpaired) electrons. The molecule has 5 heteroatoms. The Labute approximate surface area is 90.2 Å². The number of nitrogens with zero attached hydrogens (tertiary/aromatic N) is 2. The number of piperazine rings is 1. The van der Waals surface area contributed by atoms with E-state index in [0.717, 1.165) is 0 Å². The van der Waals surface area contributed by atoms with Crippen LogP contribution < -0.4 is 5.73 Å². The summed E-state index contributed by atoms with van der Waals surface area (Å²) in [6.07, 6.45) is 0.605. The summed E-state index contributed by atoms with van der Waals surface area (Å²) in [4.78, 5) is 26.5. The summed E-state index contributed by atoms with van der Waals surface area (Å²) >= 11 is 0. The second-order valence-corrected chi connectivity index (χ2v) is 4.09. The lowest BCUT2D eigenvalue weighted by atomic mass is 10.1. The smallest absolute Gasteiger partial charge is 0.242 e. The van der Waals surface area contributed by atoms with E-state index in [0.29, 0.717) is 13.0 Å². The Balaban J connectivity index is 2.66. The first kappa shape index (κ1) is 12.0. The molecule has 0 aromatic heterocycles. The minimum Gasteiger partial charge on any atom is -0.340 e. The molecular formula is C10H19N3O2. The lowest BCUT2D eigenvalue weighted by Crippen LogP contribution is -2.58. The first-order valence-corrected chi connectivity index (χ1v) is 5.27. The highest BCUT2D eigenvalue weighted by Gasteiger charge is 2.31. The quantitative estimate of drug-likeness (QED) is 0.667. The molecule has 1 aliphatic heterocycles. The second kappa shape index (κ2) is 4.61. The van der Waals surface area contributed by atoms with E-state index < -0.39 is 6.04 Å². The molecule has 2 amide bonds. The molecule has 0 aliphatic carbocycles. The van der Waals surface area contributed by atoms with E-state index in [1.54, 1.807) is 16.8 Å². The van der Waals surface area contributed by atoms with Crippen molar-refractivity contribution in [1.82, 2.24) is 9.80 Å². The maximum absolute atomic E-state index is 11.8. The van der Waals surface area contributed by atoms with Crippen LogP contribution in [0.15, 0.2) is 0 Å². The van der Waals surface area contributed by atoms with Crippen LogP contribution in [0, 0.1) is 0 Å². The number of hydrogen-bond donors (Lipinski definition) is 1. The van der Waals surface area contributed by atoms with Crippen LogP contribution in [0.3, 0.4) is 0 Å². The number of carbonyl (C=O) groups is 2. The van der Waals surface area contributed by atoms with E-state index in [1.165, 1.54) is 0 Å². The van der Waals surface area contributed by atoms with E-state index >= 15 is 0 Å². The normalized spacial score (nSPS) is 24.3. The van der Waals surface area contributed by atoms with Gasteiger partial charge in [0, 0.05) is 19.6 Å². The van der Waals surface area contributed by atoms with Gasteiger partial charge in [-0.3, -0.25) is 9.59 Å². The highest BCUT2D eigenvalue weighted by Crippen LogP contribution is 2.09. The largest absolute Gasteiger partial charge is 0.340 e. The third-order valence-electron chi connectivity index (χ3n) is 2.93. The van der Waals surface area contributed by atoms with Gasteiger partial charge >= 0.3 is 0 Å². The maximum Gasteiger partial charge on any atom is 0.242 e. The molecule has 1 fully saturated rings. The van der Waals surface area contributed by atoms with Gasteiger partial charge < -0.3 is 15.5 Å². The second-order valence-electron chi connectivity index (χ2n) is 4.09. The number of carbonyl (C=O) groups excluding carboxylic acids is 2. The van der Waals surface area contributed by atoms with Crippen molar-refractivity contribution in [3.63, 3.8) is 0 Å². The molecule has 15 heavy (non-hydrogen) atoms. The summed E-state index contributed by atoms with van der Waals surface area (Å²) in [6.45, 7) is 4.53. The summed E-state index contributed by atoms with van der Waals surface area (Å²) in [6, 6.07) is -0.410. The molecule has 1 unspecified atom stereocenters. The van der Waals surface area contributed by atoms with Crippen molar-refractivity contribution < 1.29 is 9.59 Å². The summed E-state index contributed by atoms with van der Waals surface area (Å²) < 4.78 is 0. The van der Waals surface area contributed by atoms with E-state index in [4.69, 9.17) is 5.73 Å². The first-order chi connectivity index (χ1) is 6.97. The fourth-order valence-electron chi connectivity index (χ4n) is 1.60. The summed E-state index contributed by atoms with van der Waals surface area (Å²) in [7, 11) is 1.76. The number of amides is 2. The van der Waals surface area contributed by atoms with Crippen molar-refractivity contribution in [3.05, 3.63) is 0 Å². The van der Waals surface area contributed by atoms with Crippen molar-refractivity contribution >= 4 is 11.8 Å². The number of hydrogen-bond acceptors (Lipinski definition) is 3. The van der Waals surface area contributed by atoms with Gasteiger partial charge in [0.25, 0.3) is 0 Å². The van der Waals surface area contributed by atoms with E-state index in [9.17, 15) is 9.59 Å². The Morgan fingerprint density at radius 2 is 2.27 bits per heavy atom. The van der Waals surface area contributed by atoms with Gasteiger partial charge in [-0.2, -0.15) is 0 Å². The zero-order valence-electron chi connectivity index (χ0n) is 9.56. The highest BCUT2D eigenvalue weighted by molar-refractivity contribution is 5.88. The molecule has 2 N–H and O–H groups in total. The van der Waals surface area contributed by atoms with Crippen molar-refractivity contribution in [2.45, 2.75) is 32.4 Å². The predicted molar refractivity (Wildman–Crippen MR) is 57.1 cm³/mol. The molecule has 0 bridgehead atoms. The molecule has 5 nitrogen and oxygen atoms in total. The van der Waals surface area contributed by atoms with Gasteiger partial charge in [-0.15, -0.1) is 0 Å². The molecule has 1 rings (SSSR count). The van der Waals surface area contributed by atoms with E-state index in [1.807, 2.05) is 13.8 Å². The van der Waals surface area contributed by atoms with Gasteiger partial charge in [0.2, 0.25) is 11.8 Å². The molecule has 0 spiro atoms. The van der Waals surface area contributed by atoms with Gasteiger partial charge in [0.05, 0.1) is 12.6 Å². The van der Waals surface area contributed by atoms with E-state index in [2.05, 4.69) is 0 Å². The Morgan fingerprint density at radius 1 is 1.67 bits per heavy atom. The fourth-order valence-corrected chi connectivity index (χ4v) is 1.60. The Kier molecular flexibility index (Phi) is 3.68. The van der Waals surface area contributed by atoms with Gasteiger partial charge in [-0.05, 0) is 13.3 Å². The molecular weight excluding hydrogens is 194 g/mol. The lowest BCUT2D eigenvalue weighted by Gasteiger charge is -2.38. The van der Waals surface area contributed by atoms with Crippen molar-refractivity contribution in [2.24, 2.45) is 5.73 Å². The van der Waals surface area contributed by atoms with Gasteiger partial charge in [0.15, 0.2) is 0 Å². The predicted octanol–water partition coefficient (Wildman–Crippen LogP) is -0.587. The van der Waals surface area contributed by atoms with Gasteiger partial charge in [-0.25, -0.2) is 0 Å². The lowest BCUT2D eigenvalue weighted by molar-refractivity contribution is -0.147. The Hall–Kier alpha value is -1.10. The zero-order chi connectivity index (χ0) is 11.6. The van der Waals surface area contributed by atoms with Gasteiger partial charge in [0.1, 0.15) is 0 Å². The molecule has 1 heterocycles. The van der Waals surface area contributed by atoms with E-state index in [-0.39, 0.29) is 24.4 Å². The molecule has 0 saturated carbocycles. The Bertz CT molecular complexity index is 267. The number of rotatable bonds is 2. The maximum atomic E-state index is 11.8. The molecule has 2 atom stereocenters. The zero-order valence-corrected chi connectivity index (χ0v) is 9.56. The first-order valence-electron chi connectivity index (χ1n) is 5.27. The van der Waals surface area contributed by atoms with Crippen LogP contribution in [-0.2, 0) is 9.59 Å². The Morgan fingerprint density at radius 3 is 2.73 bits per heavy atom. The van der Waals surface area contributed by atoms with Crippen LogP contribution in [0.4, 0.5) is 0 Å². The number of likely N-dealkylation sites (N-methyl/N-ethyl adjacent to an activating group) is 1. The molecule has 86 valence electrons. The molecule has 1 aliphatic rings. The summed E-state index contributed by atoms with van der Waals surface area (Å²) in [5.74, 6) is -0.142. The van der Waals surface area contributed by atoms with Crippen LogP contribution >= 0.6 is 0 Å². The average Bonchev–Trinajstić information content (AvgIpc) is 2.23. The summed E-state index contributed by atoms with van der Waals surface area (Å²) in [5.41, 5.74) is 5.66. The third-order valence-corrected chi connectivity index (χ3v) is 2.93. The molecule has 1 saturated heterocycles. The van der Waals surface area contributed by atoms with Crippen molar-refractivity contribution in [2.75, 3.05) is 20.1 Å². The topological polar surface area (TPSA) is 66.6 Å². The molecule has 0 aromatic carbocycles. The minimum atomic E-state index is -0.478. The van der Waals surface area contributed by atoms with Crippen LogP contribution in [0.1, 0.15) is 20.3 Å². The van der Waals surface area contributed by atoms with Crippen LogP contribution in [0.5, 0.6) is 0 Å². The van der Waals surface area contributed by atoms with Crippen LogP contribution in [-0.4, -0.2) is 53.8 Å². The molecule has 0 aromatic rings. The van der Waals surface area contributed by atoms with Crippen LogP contribution in [0.25, 0.3) is 0 Å².